The van der Waals surface area contributed by atoms with Crippen LogP contribution in [-0.2, 0) is 9.47 Å². The lowest BCUT2D eigenvalue weighted by atomic mass is 9.90. The zero-order valence-electron chi connectivity index (χ0n) is 9.01. The van der Waals surface area contributed by atoms with Crippen LogP contribution in [-0.4, -0.2) is 41.4 Å². The van der Waals surface area contributed by atoms with Crippen molar-refractivity contribution in [2.75, 3.05) is 6.61 Å². The molecule has 1 aliphatic rings. The fourth-order valence-corrected chi connectivity index (χ4v) is 1.76. The maximum Gasteiger partial charge on any atom is 0.184 e. The van der Waals surface area contributed by atoms with Crippen LogP contribution >= 0.6 is 0 Å². The SMILES string of the molecule is CCOC1OC(CC)C(O)C(C)C1O. The predicted molar refractivity (Wildman–Crippen MR) is 51.8 cm³/mol. The van der Waals surface area contributed by atoms with Crippen LogP contribution in [0.3, 0.4) is 0 Å². The Morgan fingerprint density at radius 3 is 2.36 bits per heavy atom. The Morgan fingerprint density at radius 2 is 1.86 bits per heavy atom. The van der Waals surface area contributed by atoms with Crippen molar-refractivity contribution in [3.8, 4) is 0 Å². The van der Waals surface area contributed by atoms with Crippen molar-refractivity contribution < 1.29 is 19.7 Å². The van der Waals surface area contributed by atoms with E-state index in [0.717, 1.165) is 6.42 Å². The molecule has 1 heterocycles. The van der Waals surface area contributed by atoms with E-state index in [9.17, 15) is 10.2 Å². The first-order valence-electron chi connectivity index (χ1n) is 5.25. The van der Waals surface area contributed by atoms with Gasteiger partial charge in [0.25, 0.3) is 0 Å². The van der Waals surface area contributed by atoms with Crippen LogP contribution < -0.4 is 0 Å². The molecular formula is C10H20O4. The zero-order chi connectivity index (χ0) is 10.7. The van der Waals surface area contributed by atoms with Crippen LogP contribution in [0.1, 0.15) is 27.2 Å². The maximum absolute atomic E-state index is 9.75. The van der Waals surface area contributed by atoms with Gasteiger partial charge in [-0.3, -0.25) is 0 Å². The summed E-state index contributed by atoms with van der Waals surface area (Å²) in [6, 6.07) is 0. The van der Waals surface area contributed by atoms with Crippen molar-refractivity contribution in [3.05, 3.63) is 0 Å². The lowest BCUT2D eigenvalue weighted by molar-refractivity contribution is -0.281. The van der Waals surface area contributed by atoms with Crippen molar-refractivity contribution in [2.45, 2.75) is 51.8 Å². The number of aliphatic hydroxyl groups excluding tert-OH is 2. The van der Waals surface area contributed by atoms with Gasteiger partial charge in [-0.15, -0.1) is 0 Å². The first-order valence-corrected chi connectivity index (χ1v) is 5.25. The van der Waals surface area contributed by atoms with Crippen molar-refractivity contribution in [3.63, 3.8) is 0 Å². The molecule has 1 saturated heterocycles. The van der Waals surface area contributed by atoms with Crippen molar-refractivity contribution in [2.24, 2.45) is 5.92 Å². The largest absolute Gasteiger partial charge is 0.390 e. The van der Waals surface area contributed by atoms with E-state index in [4.69, 9.17) is 9.47 Å². The summed E-state index contributed by atoms with van der Waals surface area (Å²) >= 11 is 0. The molecule has 0 amide bonds. The van der Waals surface area contributed by atoms with E-state index in [2.05, 4.69) is 0 Å². The van der Waals surface area contributed by atoms with Crippen LogP contribution in [0.2, 0.25) is 0 Å². The second-order valence-corrected chi connectivity index (χ2v) is 3.75. The Hall–Kier alpha value is -0.160. The van der Waals surface area contributed by atoms with Crippen molar-refractivity contribution in [1.82, 2.24) is 0 Å². The van der Waals surface area contributed by atoms with Crippen molar-refractivity contribution >= 4 is 0 Å². The third kappa shape index (κ3) is 2.25. The first kappa shape index (κ1) is 11.9. The summed E-state index contributed by atoms with van der Waals surface area (Å²) in [5.41, 5.74) is 0. The molecule has 4 heteroatoms. The van der Waals surface area contributed by atoms with E-state index in [1.165, 1.54) is 0 Å². The Bertz CT molecular complexity index is 170. The minimum absolute atomic E-state index is 0.203. The molecular weight excluding hydrogens is 184 g/mol. The highest BCUT2D eigenvalue weighted by molar-refractivity contribution is 4.85. The van der Waals surface area contributed by atoms with E-state index in [1.54, 1.807) is 0 Å². The van der Waals surface area contributed by atoms with Gasteiger partial charge >= 0.3 is 0 Å². The molecule has 0 aromatic heterocycles. The summed E-state index contributed by atoms with van der Waals surface area (Å²) in [4.78, 5) is 0. The van der Waals surface area contributed by atoms with Crippen molar-refractivity contribution in [1.29, 1.82) is 0 Å². The van der Waals surface area contributed by atoms with Gasteiger partial charge in [-0.25, -0.2) is 0 Å². The number of ether oxygens (including phenoxy) is 2. The van der Waals surface area contributed by atoms with Gasteiger partial charge in [0.05, 0.1) is 12.2 Å². The fraction of sp³-hybridized carbons (Fsp3) is 1.00. The molecule has 14 heavy (non-hydrogen) atoms. The quantitative estimate of drug-likeness (QED) is 0.703. The maximum atomic E-state index is 9.75. The van der Waals surface area contributed by atoms with Gasteiger partial charge in [0.2, 0.25) is 0 Å². The Kier molecular flexibility index (Phi) is 4.31. The fourth-order valence-electron chi connectivity index (χ4n) is 1.76. The molecule has 5 atom stereocenters. The summed E-state index contributed by atoms with van der Waals surface area (Å²) in [7, 11) is 0. The van der Waals surface area contributed by atoms with Gasteiger partial charge in [0.1, 0.15) is 6.10 Å². The average Bonchev–Trinajstić information content (AvgIpc) is 2.19. The minimum atomic E-state index is -0.743. The second kappa shape index (κ2) is 5.07. The molecule has 4 nitrogen and oxygen atoms in total. The topological polar surface area (TPSA) is 58.9 Å². The smallest absolute Gasteiger partial charge is 0.184 e. The Morgan fingerprint density at radius 1 is 1.21 bits per heavy atom. The first-order chi connectivity index (χ1) is 6.61. The van der Waals surface area contributed by atoms with Crippen LogP contribution in [0.15, 0.2) is 0 Å². The molecule has 1 fully saturated rings. The van der Waals surface area contributed by atoms with Crippen LogP contribution in [0.25, 0.3) is 0 Å². The highest BCUT2D eigenvalue weighted by Gasteiger charge is 2.41. The van der Waals surface area contributed by atoms with Crippen LogP contribution in [0, 0.1) is 5.92 Å². The summed E-state index contributed by atoms with van der Waals surface area (Å²) in [6.07, 6.45) is -1.45. The summed E-state index contributed by atoms with van der Waals surface area (Å²) in [6.45, 7) is 6.11. The minimum Gasteiger partial charge on any atom is -0.390 e. The number of hydrogen-bond donors (Lipinski definition) is 2. The molecule has 0 aromatic rings. The highest BCUT2D eigenvalue weighted by Crippen LogP contribution is 2.27. The second-order valence-electron chi connectivity index (χ2n) is 3.75. The predicted octanol–water partition coefficient (Wildman–Crippen LogP) is 0.516. The van der Waals surface area contributed by atoms with E-state index in [-0.39, 0.29) is 12.0 Å². The third-order valence-corrected chi connectivity index (χ3v) is 2.78. The summed E-state index contributed by atoms with van der Waals surface area (Å²) in [5.74, 6) is -0.203. The van der Waals surface area contributed by atoms with Crippen LogP contribution in [0.4, 0.5) is 0 Å². The monoisotopic (exact) mass is 204 g/mol. The van der Waals surface area contributed by atoms with E-state index in [1.807, 2.05) is 20.8 Å². The van der Waals surface area contributed by atoms with Gasteiger partial charge in [0.15, 0.2) is 6.29 Å². The molecule has 0 radical (unpaired) electrons. The van der Waals surface area contributed by atoms with E-state index >= 15 is 0 Å². The average molecular weight is 204 g/mol. The van der Waals surface area contributed by atoms with Gasteiger partial charge in [0, 0.05) is 12.5 Å². The molecule has 0 spiro atoms. The number of hydrogen-bond acceptors (Lipinski definition) is 4. The van der Waals surface area contributed by atoms with Gasteiger partial charge in [-0.1, -0.05) is 13.8 Å². The number of rotatable bonds is 3. The van der Waals surface area contributed by atoms with Gasteiger partial charge < -0.3 is 19.7 Å². The Labute approximate surface area is 84.8 Å². The molecule has 0 saturated carbocycles. The Balaban J connectivity index is 2.63. The van der Waals surface area contributed by atoms with Gasteiger partial charge in [-0.2, -0.15) is 0 Å². The van der Waals surface area contributed by atoms with Gasteiger partial charge in [-0.05, 0) is 13.3 Å². The molecule has 84 valence electrons. The molecule has 1 aliphatic heterocycles. The number of aliphatic hydroxyl groups is 2. The molecule has 1 rings (SSSR count). The normalized spacial score (nSPS) is 43.9. The molecule has 2 N–H and O–H groups in total. The zero-order valence-corrected chi connectivity index (χ0v) is 9.01. The van der Waals surface area contributed by atoms with E-state index < -0.39 is 18.5 Å². The van der Waals surface area contributed by atoms with Crippen LogP contribution in [0.5, 0.6) is 0 Å². The molecule has 0 aromatic carbocycles. The van der Waals surface area contributed by atoms with E-state index in [0.29, 0.717) is 6.61 Å². The standard InChI is InChI=1S/C10H20O4/c1-4-7-8(11)6(3)9(12)10(14-7)13-5-2/h6-12H,4-5H2,1-3H3. The highest BCUT2D eigenvalue weighted by atomic mass is 16.7. The molecule has 0 aliphatic carbocycles. The summed E-state index contributed by atoms with van der Waals surface area (Å²) < 4.78 is 10.7. The summed E-state index contributed by atoms with van der Waals surface area (Å²) in [5, 5.41) is 19.5. The lowest BCUT2D eigenvalue weighted by Crippen LogP contribution is -2.53. The molecule has 0 bridgehead atoms. The third-order valence-electron chi connectivity index (χ3n) is 2.78. The molecule has 5 unspecified atom stereocenters. The lowest BCUT2D eigenvalue weighted by Gasteiger charge is -2.40.